The van der Waals surface area contributed by atoms with Crippen LogP contribution >= 0.6 is 0 Å². The molecule has 0 spiro atoms. The number of hydrogen-bond acceptors (Lipinski definition) is 2. The Bertz CT molecular complexity index is 714. The third-order valence-corrected chi connectivity index (χ3v) is 3.78. The van der Waals surface area contributed by atoms with Gasteiger partial charge in [-0.3, -0.25) is 4.79 Å². The van der Waals surface area contributed by atoms with Crippen LogP contribution in [0.2, 0.25) is 0 Å². The summed E-state index contributed by atoms with van der Waals surface area (Å²) in [5.74, 6) is -0.0386. The van der Waals surface area contributed by atoms with Crippen molar-refractivity contribution in [2.45, 2.75) is 60.5 Å². The Morgan fingerprint density at radius 2 is 1.71 bits per heavy atom. The monoisotopic (exact) mass is 383 g/mol. The van der Waals surface area contributed by atoms with Crippen LogP contribution in [0.4, 0.5) is 0 Å². The van der Waals surface area contributed by atoms with Gasteiger partial charge in [0.15, 0.2) is 0 Å². The van der Waals surface area contributed by atoms with Crippen molar-refractivity contribution in [1.29, 1.82) is 0 Å². The SMILES string of the molecule is C/C=C(/C=C(C)\C=C(/C)C(=O)NC)Cc1ccc(C)cc1.C=COC(C)(C)C. The van der Waals surface area contributed by atoms with Crippen LogP contribution in [0, 0.1) is 6.92 Å². The lowest BCUT2D eigenvalue weighted by Gasteiger charge is -2.16. The molecule has 0 atom stereocenters. The Balaban J connectivity index is 0.000000887. The molecule has 0 radical (unpaired) electrons. The first-order valence-corrected chi connectivity index (χ1v) is 9.60. The first kappa shape index (κ1) is 25.4. The molecule has 154 valence electrons. The molecule has 0 aliphatic carbocycles. The molecule has 1 N–H and O–H groups in total. The zero-order valence-electron chi connectivity index (χ0n) is 18.8. The van der Waals surface area contributed by atoms with E-state index in [2.05, 4.69) is 55.2 Å². The summed E-state index contributed by atoms with van der Waals surface area (Å²) in [6, 6.07) is 8.59. The first-order valence-electron chi connectivity index (χ1n) is 9.60. The molecule has 0 saturated heterocycles. The molecule has 1 rings (SSSR count). The minimum Gasteiger partial charge on any atom is -0.496 e. The van der Waals surface area contributed by atoms with E-state index in [1.165, 1.54) is 23.0 Å². The number of ether oxygens (including phenoxy) is 1. The van der Waals surface area contributed by atoms with E-state index in [1.54, 1.807) is 7.05 Å². The largest absolute Gasteiger partial charge is 0.496 e. The van der Waals surface area contributed by atoms with Crippen LogP contribution in [0.3, 0.4) is 0 Å². The summed E-state index contributed by atoms with van der Waals surface area (Å²) in [5, 5.41) is 2.63. The highest BCUT2D eigenvalue weighted by Crippen LogP contribution is 2.14. The number of nitrogens with one attached hydrogen (secondary N) is 1. The third kappa shape index (κ3) is 11.9. The second-order valence-electron chi connectivity index (χ2n) is 7.72. The Morgan fingerprint density at radius 3 is 2.11 bits per heavy atom. The summed E-state index contributed by atoms with van der Waals surface area (Å²) < 4.78 is 4.99. The molecule has 3 heteroatoms. The number of carbonyl (C=O) groups excluding carboxylic acids is 1. The van der Waals surface area contributed by atoms with Gasteiger partial charge in [-0.2, -0.15) is 0 Å². The van der Waals surface area contributed by atoms with Gasteiger partial charge in [0, 0.05) is 12.6 Å². The summed E-state index contributed by atoms with van der Waals surface area (Å²) in [5.41, 5.74) is 5.55. The summed E-state index contributed by atoms with van der Waals surface area (Å²) in [4.78, 5) is 11.5. The Morgan fingerprint density at radius 1 is 1.14 bits per heavy atom. The van der Waals surface area contributed by atoms with Crippen molar-refractivity contribution < 1.29 is 9.53 Å². The third-order valence-electron chi connectivity index (χ3n) is 3.78. The van der Waals surface area contributed by atoms with Gasteiger partial charge in [0.1, 0.15) is 0 Å². The molecule has 1 amide bonds. The van der Waals surface area contributed by atoms with Crippen molar-refractivity contribution in [1.82, 2.24) is 5.32 Å². The lowest BCUT2D eigenvalue weighted by molar-refractivity contribution is -0.117. The van der Waals surface area contributed by atoms with Crippen molar-refractivity contribution in [2.24, 2.45) is 0 Å². The number of rotatable bonds is 6. The summed E-state index contributed by atoms with van der Waals surface area (Å²) in [6.07, 6.45) is 8.52. The molecule has 0 aromatic heterocycles. The van der Waals surface area contributed by atoms with E-state index in [1.807, 2.05) is 47.6 Å². The number of likely N-dealkylation sites (N-methyl/N-ethyl adjacent to an activating group) is 1. The van der Waals surface area contributed by atoms with E-state index in [0.29, 0.717) is 0 Å². The van der Waals surface area contributed by atoms with Crippen LogP contribution in [0.15, 0.2) is 72.1 Å². The Labute approximate surface area is 171 Å². The number of hydrogen-bond donors (Lipinski definition) is 1. The van der Waals surface area contributed by atoms with E-state index < -0.39 is 0 Å². The minimum absolute atomic E-state index is 0.0386. The molecule has 0 aliphatic heterocycles. The molecular formula is C25H37NO2. The highest BCUT2D eigenvalue weighted by Gasteiger charge is 2.06. The Kier molecular flexibility index (Phi) is 11.6. The van der Waals surface area contributed by atoms with Crippen molar-refractivity contribution in [3.8, 4) is 0 Å². The van der Waals surface area contributed by atoms with Crippen LogP contribution in [0.1, 0.15) is 52.7 Å². The molecule has 0 aliphatic rings. The number of amides is 1. The van der Waals surface area contributed by atoms with Crippen LogP contribution in [-0.2, 0) is 16.0 Å². The van der Waals surface area contributed by atoms with Crippen LogP contribution in [0.25, 0.3) is 0 Å². The smallest absolute Gasteiger partial charge is 0.246 e. The molecule has 28 heavy (non-hydrogen) atoms. The molecule has 0 bridgehead atoms. The molecule has 0 heterocycles. The van der Waals surface area contributed by atoms with Gasteiger partial charge in [-0.25, -0.2) is 0 Å². The van der Waals surface area contributed by atoms with E-state index in [4.69, 9.17) is 4.74 Å². The zero-order chi connectivity index (χ0) is 21.7. The highest BCUT2D eigenvalue weighted by atomic mass is 16.5. The van der Waals surface area contributed by atoms with Crippen LogP contribution < -0.4 is 5.32 Å². The normalized spacial score (nSPS) is 12.6. The molecule has 0 fully saturated rings. The van der Waals surface area contributed by atoms with Crippen molar-refractivity contribution in [3.05, 3.63) is 83.2 Å². The summed E-state index contributed by atoms with van der Waals surface area (Å²) >= 11 is 0. The fourth-order valence-electron chi connectivity index (χ4n) is 2.37. The average Bonchev–Trinajstić information content (AvgIpc) is 2.61. The highest BCUT2D eigenvalue weighted by molar-refractivity contribution is 5.93. The second kappa shape index (κ2) is 12.8. The van der Waals surface area contributed by atoms with Gasteiger partial charge < -0.3 is 10.1 Å². The zero-order valence-corrected chi connectivity index (χ0v) is 18.8. The van der Waals surface area contributed by atoms with Crippen molar-refractivity contribution >= 4 is 5.91 Å². The number of benzene rings is 1. The predicted octanol–water partition coefficient (Wildman–Crippen LogP) is 6.07. The molecule has 1 aromatic carbocycles. The molecule has 0 unspecified atom stereocenters. The quantitative estimate of drug-likeness (QED) is 0.368. The van der Waals surface area contributed by atoms with Gasteiger partial charge in [-0.1, -0.05) is 60.2 Å². The van der Waals surface area contributed by atoms with Gasteiger partial charge >= 0.3 is 0 Å². The number of allylic oxidation sites excluding steroid dienone is 5. The van der Waals surface area contributed by atoms with E-state index in [9.17, 15) is 4.79 Å². The fourth-order valence-corrected chi connectivity index (χ4v) is 2.37. The van der Waals surface area contributed by atoms with E-state index >= 15 is 0 Å². The maximum absolute atomic E-state index is 11.5. The van der Waals surface area contributed by atoms with Gasteiger partial charge in [0.05, 0.1) is 11.9 Å². The van der Waals surface area contributed by atoms with E-state index in [-0.39, 0.29) is 11.5 Å². The summed E-state index contributed by atoms with van der Waals surface area (Å²) in [6.45, 7) is 17.3. The lowest BCUT2D eigenvalue weighted by Crippen LogP contribution is -2.18. The first-order chi connectivity index (χ1) is 13.0. The molecular weight excluding hydrogens is 346 g/mol. The number of carbonyl (C=O) groups is 1. The maximum Gasteiger partial charge on any atom is 0.246 e. The Hall–Kier alpha value is -2.55. The van der Waals surface area contributed by atoms with Crippen molar-refractivity contribution in [2.75, 3.05) is 7.05 Å². The lowest BCUT2D eigenvalue weighted by atomic mass is 10.0. The molecule has 1 aromatic rings. The van der Waals surface area contributed by atoms with Crippen molar-refractivity contribution in [3.63, 3.8) is 0 Å². The average molecular weight is 384 g/mol. The molecule has 3 nitrogen and oxygen atoms in total. The van der Waals surface area contributed by atoms with Gasteiger partial charge in [0.25, 0.3) is 0 Å². The minimum atomic E-state index is -0.0677. The van der Waals surface area contributed by atoms with Crippen LogP contribution in [-0.4, -0.2) is 18.6 Å². The predicted molar refractivity (Wildman–Crippen MR) is 121 cm³/mol. The fraction of sp³-hybridized carbons (Fsp3) is 0.400. The van der Waals surface area contributed by atoms with Gasteiger partial charge in [0.2, 0.25) is 5.91 Å². The van der Waals surface area contributed by atoms with Crippen LogP contribution in [0.5, 0.6) is 0 Å². The second-order valence-corrected chi connectivity index (χ2v) is 7.72. The summed E-state index contributed by atoms with van der Waals surface area (Å²) in [7, 11) is 1.65. The topological polar surface area (TPSA) is 38.3 Å². The van der Waals surface area contributed by atoms with Gasteiger partial charge in [-0.05, 0) is 66.0 Å². The van der Waals surface area contributed by atoms with E-state index in [0.717, 1.165) is 17.6 Å². The van der Waals surface area contributed by atoms with Gasteiger partial charge in [-0.15, -0.1) is 0 Å². The molecule has 0 saturated carbocycles. The standard InChI is InChI=1S/C19H25NO.C6H12O/c1-6-17(13-18-9-7-14(2)8-10-18)12-15(3)11-16(4)19(21)20-5;1-5-7-6(2,3)4/h6-12H,13H2,1-5H3,(H,20,21);5H,1H2,2-4H3/b15-12-,16-11+,17-6-;. The number of aryl methyl sites for hydroxylation is 1. The maximum atomic E-state index is 11.5.